The molecule has 1 rings (SSSR count). The van der Waals surface area contributed by atoms with Crippen molar-refractivity contribution in [3.8, 4) is 11.8 Å². The minimum atomic E-state index is -0.665. The Morgan fingerprint density at radius 2 is 2.23 bits per heavy atom. The second-order valence-electron chi connectivity index (χ2n) is 2.26. The van der Waals surface area contributed by atoms with Gasteiger partial charge in [-0.15, -0.1) is 0 Å². The molecule has 0 fully saturated rings. The van der Waals surface area contributed by atoms with Gasteiger partial charge in [-0.05, 0) is 12.1 Å². The minimum Gasteiger partial charge on any atom is -0.489 e. The van der Waals surface area contributed by atoms with Gasteiger partial charge in [0.15, 0.2) is 0 Å². The van der Waals surface area contributed by atoms with E-state index in [0.717, 1.165) is 6.07 Å². The molecule has 0 aliphatic carbocycles. The van der Waals surface area contributed by atoms with Crippen LogP contribution in [0, 0.1) is 17.1 Å². The van der Waals surface area contributed by atoms with E-state index in [-0.39, 0.29) is 17.9 Å². The molecular formula is C9H7F2NO. The van der Waals surface area contributed by atoms with Gasteiger partial charge in [0.1, 0.15) is 36.5 Å². The lowest BCUT2D eigenvalue weighted by Gasteiger charge is -2.05. The summed E-state index contributed by atoms with van der Waals surface area (Å²) in [5.41, 5.74) is -0.184. The molecule has 2 nitrogen and oxygen atoms in total. The summed E-state index contributed by atoms with van der Waals surface area (Å²) in [4.78, 5) is 0. The standard InChI is InChI=1S/C9H7F2NO/c10-4-5-13-9-3-1-2-8(11)7(9)6-12/h1-3H,4-5H2. The molecule has 0 amide bonds. The first-order valence-electron chi connectivity index (χ1n) is 3.67. The number of hydrogen-bond acceptors (Lipinski definition) is 2. The predicted molar refractivity (Wildman–Crippen MR) is 42.6 cm³/mol. The van der Waals surface area contributed by atoms with Crippen LogP contribution in [0.25, 0.3) is 0 Å². The van der Waals surface area contributed by atoms with E-state index in [1.807, 2.05) is 0 Å². The highest BCUT2D eigenvalue weighted by Gasteiger charge is 2.07. The number of halogens is 2. The fraction of sp³-hybridized carbons (Fsp3) is 0.222. The Balaban J connectivity index is 2.93. The van der Waals surface area contributed by atoms with Gasteiger partial charge in [0.25, 0.3) is 0 Å². The predicted octanol–water partition coefficient (Wildman–Crippen LogP) is 2.05. The number of alkyl halides is 1. The van der Waals surface area contributed by atoms with Gasteiger partial charge >= 0.3 is 0 Å². The number of hydrogen-bond donors (Lipinski definition) is 0. The van der Waals surface area contributed by atoms with Crippen LogP contribution in [0.2, 0.25) is 0 Å². The van der Waals surface area contributed by atoms with Gasteiger partial charge < -0.3 is 4.74 Å². The molecule has 0 aromatic heterocycles. The molecule has 0 heterocycles. The smallest absolute Gasteiger partial charge is 0.144 e. The number of nitrogens with zero attached hydrogens (tertiary/aromatic N) is 1. The van der Waals surface area contributed by atoms with Crippen LogP contribution in [0.5, 0.6) is 5.75 Å². The van der Waals surface area contributed by atoms with Crippen molar-refractivity contribution in [1.29, 1.82) is 5.26 Å². The Hall–Kier alpha value is -1.63. The Bertz CT molecular complexity index is 333. The first kappa shape index (κ1) is 9.46. The molecule has 0 unspecified atom stereocenters. The highest BCUT2D eigenvalue weighted by atomic mass is 19.1. The van der Waals surface area contributed by atoms with Crippen molar-refractivity contribution >= 4 is 0 Å². The second-order valence-corrected chi connectivity index (χ2v) is 2.26. The topological polar surface area (TPSA) is 33.0 Å². The van der Waals surface area contributed by atoms with Gasteiger partial charge in [-0.25, -0.2) is 8.78 Å². The first-order chi connectivity index (χ1) is 6.29. The Labute approximate surface area is 74.4 Å². The van der Waals surface area contributed by atoms with Crippen molar-refractivity contribution in [2.45, 2.75) is 0 Å². The molecule has 1 aromatic carbocycles. The molecule has 4 heteroatoms. The maximum absolute atomic E-state index is 12.9. The molecule has 13 heavy (non-hydrogen) atoms. The van der Waals surface area contributed by atoms with Crippen LogP contribution in [-0.4, -0.2) is 13.3 Å². The lowest BCUT2D eigenvalue weighted by Crippen LogP contribution is -2.01. The van der Waals surface area contributed by atoms with E-state index in [9.17, 15) is 8.78 Å². The number of nitriles is 1. The van der Waals surface area contributed by atoms with Crippen molar-refractivity contribution in [3.05, 3.63) is 29.6 Å². The number of benzene rings is 1. The fourth-order valence-electron chi connectivity index (χ4n) is 0.882. The SMILES string of the molecule is N#Cc1c(F)cccc1OCCF. The van der Waals surface area contributed by atoms with Crippen LogP contribution in [0.4, 0.5) is 8.78 Å². The fourth-order valence-corrected chi connectivity index (χ4v) is 0.882. The highest BCUT2D eigenvalue weighted by molar-refractivity contribution is 5.43. The van der Waals surface area contributed by atoms with Crippen LogP contribution < -0.4 is 4.74 Å². The van der Waals surface area contributed by atoms with Gasteiger partial charge in [0, 0.05) is 0 Å². The molecular weight excluding hydrogens is 176 g/mol. The maximum Gasteiger partial charge on any atom is 0.144 e. The summed E-state index contributed by atoms with van der Waals surface area (Å²) in [7, 11) is 0. The van der Waals surface area contributed by atoms with Crippen LogP contribution >= 0.6 is 0 Å². The Morgan fingerprint density at radius 1 is 1.46 bits per heavy atom. The van der Waals surface area contributed by atoms with Crippen molar-refractivity contribution in [2.75, 3.05) is 13.3 Å². The summed E-state index contributed by atoms with van der Waals surface area (Å²) in [5.74, 6) is -0.570. The number of rotatable bonds is 3. The van der Waals surface area contributed by atoms with E-state index < -0.39 is 12.5 Å². The lowest BCUT2D eigenvalue weighted by atomic mass is 10.2. The van der Waals surface area contributed by atoms with Crippen molar-refractivity contribution in [1.82, 2.24) is 0 Å². The van der Waals surface area contributed by atoms with Crippen molar-refractivity contribution < 1.29 is 13.5 Å². The summed E-state index contributed by atoms with van der Waals surface area (Å²) in [5, 5.41) is 8.53. The average Bonchev–Trinajstić information content (AvgIpc) is 2.15. The largest absolute Gasteiger partial charge is 0.489 e. The van der Waals surface area contributed by atoms with E-state index >= 15 is 0 Å². The monoisotopic (exact) mass is 183 g/mol. The van der Waals surface area contributed by atoms with E-state index in [0.29, 0.717) is 0 Å². The highest BCUT2D eigenvalue weighted by Crippen LogP contribution is 2.19. The quantitative estimate of drug-likeness (QED) is 0.718. The van der Waals surface area contributed by atoms with E-state index in [2.05, 4.69) is 0 Å². The van der Waals surface area contributed by atoms with E-state index in [1.165, 1.54) is 12.1 Å². The molecule has 0 radical (unpaired) electrons. The summed E-state index contributed by atoms with van der Waals surface area (Å²) in [6.07, 6.45) is 0. The molecule has 0 atom stereocenters. The summed E-state index contributed by atoms with van der Waals surface area (Å²) in [6, 6.07) is 5.64. The summed E-state index contributed by atoms with van der Waals surface area (Å²) in [6.45, 7) is -0.834. The zero-order valence-electron chi connectivity index (χ0n) is 6.76. The Morgan fingerprint density at radius 3 is 2.85 bits per heavy atom. The molecule has 0 saturated heterocycles. The van der Waals surface area contributed by atoms with E-state index in [1.54, 1.807) is 6.07 Å². The third-order valence-electron chi connectivity index (χ3n) is 1.42. The zero-order chi connectivity index (χ0) is 9.68. The first-order valence-corrected chi connectivity index (χ1v) is 3.67. The normalized spacial score (nSPS) is 9.31. The third-order valence-corrected chi connectivity index (χ3v) is 1.42. The molecule has 0 saturated carbocycles. The van der Waals surface area contributed by atoms with Crippen LogP contribution in [0.3, 0.4) is 0 Å². The van der Waals surface area contributed by atoms with Crippen LogP contribution in [0.1, 0.15) is 5.56 Å². The van der Waals surface area contributed by atoms with Crippen LogP contribution in [0.15, 0.2) is 18.2 Å². The molecule has 0 spiro atoms. The van der Waals surface area contributed by atoms with Gasteiger partial charge in [-0.3, -0.25) is 0 Å². The van der Waals surface area contributed by atoms with Gasteiger partial charge in [0.2, 0.25) is 0 Å². The molecule has 0 aliphatic heterocycles. The molecule has 0 bridgehead atoms. The number of ether oxygens (including phenoxy) is 1. The minimum absolute atomic E-state index is 0.0835. The summed E-state index contributed by atoms with van der Waals surface area (Å²) >= 11 is 0. The maximum atomic E-state index is 12.9. The Kier molecular flexibility index (Phi) is 3.21. The summed E-state index contributed by atoms with van der Waals surface area (Å²) < 4.78 is 29.4. The second kappa shape index (κ2) is 4.41. The lowest BCUT2D eigenvalue weighted by molar-refractivity contribution is 0.271. The van der Waals surface area contributed by atoms with Gasteiger partial charge in [-0.2, -0.15) is 5.26 Å². The average molecular weight is 183 g/mol. The van der Waals surface area contributed by atoms with Crippen LogP contribution in [-0.2, 0) is 0 Å². The zero-order valence-corrected chi connectivity index (χ0v) is 6.76. The molecule has 0 aliphatic rings. The molecule has 0 N–H and O–H groups in total. The third kappa shape index (κ3) is 2.15. The molecule has 1 aromatic rings. The van der Waals surface area contributed by atoms with Crippen molar-refractivity contribution in [2.24, 2.45) is 0 Å². The molecule has 68 valence electrons. The van der Waals surface area contributed by atoms with E-state index in [4.69, 9.17) is 10.00 Å². The van der Waals surface area contributed by atoms with Gasteiger partial charge in [0.05, 0.1) is 0 Å². The van der Waals surface area contributed by atoms with Gasteiger partial charge in [-0.1, -0.05) is 6.07 Å². The van der Waals surface area contributed by atoms with Crippen molar-refractivity contribution in [3.63, 3.8) is 0 Å².